The van der Waals surface area contributed by atoms with Gasteiger partial charge in [-0.3, -0.25) is 0 Å². The highest BCUT2D eigenvalue weighted by atomic mass is 16.3. The summed E-state index contributed by atoms with van der Waals surface area (Å²) in [7, 11) is 0. The molecular formula is C12H20O. The molecule has 0 aliphatic carbocycles. The summed E-state index contributed by atoms with van der Waals surface area (Å²) in [5, 5.41) is 10.1. The van der Waals surface area contributed by atoms with Gasteiger partial charge in [0.2, 0.25) is 0 Å². The van der Waals surface area contributed by atoms with E-state index in [0.29, 0.717) is 6.42 Å². The Morgan fingerprint density at radius 3 is 2.38 bits per heavy atom. The monoisotopic (exact) mass is 180 g/mol. The molecule has 0 saturated heterocycles. The van der Waals surface area contributed by atoms with Gasteiger partial charge in [-0.05, 0) is 19.3 Å². The average Bonchev–Trinajstić information content (AvgIpc) is 2.05. The van der Waals surface area contributed by atoms with Crippen molar-refractivity contribution in [3.05, 3.63) is 37.0 Å². The first-order valence-electron chi connectivity index (χ1n) is 4.70. The van der Waals surface area contributed by atoms with E-state index in [1.165, 1.54) is 0 Å². The SMILES string of the molecule is C=CCC(O)(/C=C/C=C/C)C(C)C. The van der Waals surface area contributed by atoms with Gasteiger partial charge in [-0.25, -0.2) is 0 Å². The molecule has 1 heteroatoms. The first-order chi connectivity index (χ1) is 6.06. The average molecular weight is 180 g/mol. The Labute approximate surface area is 81.5 Å². The van der Waals surface area contributed by atoms with Gasteiger partial charge in [0.1, 0.15) is 0 Å². The van der Waals surface area contributed by atoms with Gasteiger partial charge in [0.05, 0.1) is 5.60 Å². The minimum Gasteiger partial charge on any atom is -0.385 e. The van der Waals surface area contributed by atoms with Crippen LogP contribution in [0, 0.1) is 5.92 Å². The Kier molecular flexibility index (Phi) is 5.40. The molecule has 13 heavy (non-hydrogen) atoms. The van der Waals surface area contributed by atoms with E-state index >= 15 is 0 Å². The molecule has 0 aromatic heterocycles. The van der Waals surface area contributed by atoms with E-state index in [4.69, 9.17) is 0 Å². The van der Waals surface area contributed by atoms with E-state index in [1.807, 2.05) is 45.1 Å². The van der Waals surface area contributed by atoms with Crippen LogP contribution in [-0.2, 0) is 0 Å². The molecule has 1 N–H and O–H groups in total. The van der Waals surface area contributed by atoms with Gasteiger partial charge < -0.3 is 5.11 Å². The molecule has 1 atom stereocenters. The molecule has 0 aromatic rings. The summed E-state index contributed by atoms with van der Waals surface area (Å²) in [6.45, 7) is 9.60. The lowest BCUT2D eigenvalue weighted by Crippen LogP contribution is -2.31. The molecule has 1 unspecified atom stereocenters. The highest BCUT2D eigenvalue weighted by Gasteiger charge is 2.25. The van der Waals surface area contributed by atoms with Crippen LogP contribution in [0.4, 0.5) is 0 Å². The summed E-state index contributed by atoms with van der Waals surface area (Å²) in [5.74, 6) is 0.201. The Hall–Kier alpha value is -0.820. The van der Waals surface area contributed by atoms with Gasteiger partial charge in [-0.2, -0.15) is 0 Å². The fourth-order valence-electron chi connectivity index (χ4n) is 1.06. The molecular weight excluding hydrogens is 160 g/mol. The second-order valence-electron chi connectivity index (χ2n) is 3.52. The summed E-state index contributed by atoms with van der Waals surface area (Å²) < 4.78 is 0. The zero-order valence-electron chi connectivity index (χ0n) is 8.83. The van der Waals surface area contributed by atoms with Crippen molar-refractivity contribution in [3.63, 3.8) is 0 Å². The molecule has 0 rings (SSSR count). The van der Waals surface area contributed by atoms with Crippen molar-refractivity contribution < 1.29 is 5.11 Å². The lowest BCUT2D eigenvalue weighted by atomic mass is 9.87. The largest absolute Gasteiger partial charge is 0.385 e. The van der Waals surface area contributed by atoms with E-state index in [0.717, 1.165) is 0 Å². The fraction of sp³-hybridized carbons (Fsp3) is 0.500. The molecule has 74 valence electrons. The molecule has 0 amide bonds. The van der Waals surface area contributed by atoms with Crippen molar-refractivity contribution >= 4 is 0 Å². The summed E-state index contributed by atoms with van der Waals surface area (Å²) >= 11 is 0. The minimum atomic E-state index is -0.749. The van der Waals surface area contributed by atoms with Gasteiger partial charge >= 0.3 is 0 Å². The second-order valence-corrected chi connectivity index (χ2v) is 3.52. The zero-order chi connectivity index (χ0) is 10.3. The number of hydrogen-bond donors (Lipinski definition) is 1. The predicted octanol–water partition coefficient (Wildman–Crippen LogP) is 3.08. The van der Waals surface area contributed by atoms with Crippen LogP contribution in [0.5, 0.6) is 0 Å². The zero-order valence-corrected chi connectivity index (χ0v) is 8.83. The van der Waals surface area contributed by atoms with Crippen LogP contribution in [0.25, 0.3) is 0 Å². The van der Waals surface area contributed by atoms with Crippen LogP contribution >= 0.6 is 0 Å². The topological polar surface area (TPSA) is 20.2 Å². The highest BCUT2D eigenvalue weighted by molar-refractivity contribution is 5.12. The van der Waals surface area contributed by atoms with Crippen molar-refractivity contribution in [3.8, 4) is 0 Å². The summed E-state index contributed by atoms with van der Waals surface area (Å²) in [5.41, 5.74) is -0.749. The van der Waals surface area contributed by atoms with Crippen LogP contribution in [0.15, 0.2) is 37.0 Å². The molecule has 0 aromatic carbocycles. The minimum absolute atomic E-state index is 0.201. The standard InChI is InChI=1S/C12H20O/c1-5-7-8-10-12(13,9-6-2)11(3)4/h5-8,10-11,13H,2,9H2,1,3-4H3/b7-5+,10-8+. The van der Waals surface area contributed by atoms with Crippen LogP contribution in [0.1, 0.15) is 27.2 Å². The van der Waals surface area contributed by atoms with Crippen molar-refractivity contribution in [2.24, 2.45) is 5.92 Å². The third kappa shape index (κ3) is 4.09. The molecule has 0 aliphatic rings. The number of allylic oxidation sites excluding steroid dienone is 3. The first kappa shape index (κ1) is 12.2. The summed E-state index contributed by atoms with van der Waals surface area (Å²) in [6, 6.07) is 0. The second kappa shape index (κ2) is 5.76. The first-order valence-corrected chi connectivity index (χ1v) is 4.70. The van der Waals surface area contributed by atoms with E-state index in [1.54, 1.807) is 6.08 Å². The Balaban J connectivity index is 4.48. The molecule has 0 fully saturated rings. The van der Waals surface area contributed by atoms with Crippen LogP contribution in [-0.4, -0.2) is 10.7 Å². The Bertz CT molecular complexity index is 201. The van der Waals surface area contributed by atoms with Gasteiger partial charge in [0.25, 0.3) is 0 Å². The normalized spacial score (nSPS) is 17.0. The molecule has 1 nitrogen and oxygen atoms in total. The maximum atomic E-state index is 10.1. The van der Waals surface area contributed by atoms with Crippen molar-refractivity contribution in [2.75, 3.05) is 0 Å². The van der Waals surface area contributed by atoms with Crippen molar-refractivity contribution in [2.45, 2.75) is 32.8 Å². The Morgan fingerprint density at radius 2 is 2.00 bits per heavy atom. The summed E-state index contributed by atoms with van der Waals surface area (Å²) in [6.07, 6.45) is 9.91. The maximum Gasteiger partial charge on any atom is 0.0887 e. The third-order valence-corrected chi connectivity index (χ3v) is 2.16. The number of aliphatic hydroxyl groups is 1. The lowest BCUT2D eigenvalue weighted by Gasteiger charge is -2.27. The number of hydrogen-bond acceptors (Lipinski definition) is 1. The fourth-order valence-corrected chi connectivity index (χ4v) is 1.06. The van der Waals surface area contributed by atoms with Gasteiger partial charge in [-0.15, -0.1) is 6.58 Å². The third-order valence-electron chi connectivity index (χ3n) is 2.16. The van der Waals surface area contributed by atoms with E-state index in [9.17, 15) is 5.11 Å². The lowest BCUT2D eigenvalue weighted by molar-refractivity contribution is 0.0464. The molecule has 0 spiro atoms. The quantitative estimate of drug-likeness (QED) is 0.509. The molecule has 0 radical (unpaired) electrons. The van der Waals surface area contributed by atoms with E-state index in [2.05, 4.69) is 6.58 Å². The molecule has 0 heterocycles. The smallest absolute Gasteiger partial charge is 0.0887 e. The van der Waals surface area contributed by atoms with E-state index < -0.39 is 5.60 Å². The highest BCUT2D eigenvalue weighted by Crippen LogP contribution is 2.23. The summed E-state index contributed by atoms with van der Waals surface area (Å²) in [4.78, 5) is 0. The van der Waals surface area contributed by atoms with Crippen LogP contribution in [0.3, 0.4) is 0 Å². The molecule has 0 aliphatic heterocycles. The molecule has 0 saturated carbocycles. The Morgan fingerprint density at radius 1 is 1.38 bits per heavy atom. The van der Waals surface area contributed by atoms with Crippen molar-refractivity contribution in [1.82, 2.24) is 0 Å². The van der Waals surface area contributed by atoms with Crippen molar-refractivity contribution in [1.29, 1.82) is 0 Å². The maximum absolute atomic E-state index is 10.1. The van der Waals surface area contributed by atoms with Gasteiger partial charge in [-0.1, -0.05) is 44.2 Å². The van der Waals surface area contributed by atoms with Gasteiger partial charge in [0.15, 0.2) is 0 Å². The van der Waals surface area contributed by atoms with Gasteiger partial charge in [0, 0.05) is 0 Å². The number of rotatable bonds is 5. The van der Waals surface area contributed by atoms with Crippen LogP contribution < -0.4 is 0 Å². The predicted molar refractivity (Wildman–Crippen MR) is 58.6 cm³/mol. The van der Waals surface area contributed by atoms with Crippen LogP contribution in [0.2, 0.25) is 0 Å². The molecule has 0 bridgehead atoms. The van der Waals surface area contributed by atoms with E-state index in [-0.39, 0.29) is 5.92 Å².